The molecule has 0 unspecified atom stereocenters. The van der Waals surface area contributed by atoms with Crippen LogP contribution in [-0.4, -0.2) is 43.6 Å². The zero-order chi connectivity index (χ0) is 16.9. The van der Waals surface area contributed by atoms with Crippen LogP contribution in [-0.2, 0) is 4.79 Å². The zero-order valence-electron chi connectivity index (χ0n) is 13.8. The van der Waals surface area contributed by atoms with Crippen molar-refractivity contribution in [3.63, 3.8) is 0 Å². The van der Waals surface area contributed by atoms with Crippen LogP contribution < -0.4 is 15.1 Å². The molecule has 0 spiro atoms. The number of hydrogen-bond acceptors (Lipinski definition) is 3. The van der Waals surface area contributed by atoms with Crippen LogP contribution in [0.25, 0.3) is 0 Å². The third-order valence-electron chi connectivity index (χ3n) is 4.37. The Bertz CT molecular complexity index is 714. The fourth-order valence-corrected chi connectivity index (χ4v) is 3.23. The number of quaternary nitrogens is 1. The normalized spacial score (nSPS) is 15.3. The Hall–Kier alpha value is -2.11. The number of benzene rings is 1. The molecule has 0 bridgehead atoms. The first-order valence-corrected chi connectivity index (χ1v) is 8.56. The third kappa shape index (κ3) is 4.04. The number of nitrogens with zero attached hydrogens (tertiary/aromatic N) is 2. The molecule has 1 aromatic heterocycles. The van der Waals surface area contributed by atoms with E-state index in [0.29, 0.717) is 17.4 Å². The number of nitrogens with one attached hydrogen (secondary N) is 2. The largest absolute Gasteiger partial charge is 0.360 e. The van der Waals surface area contributed by atoms with E-state index in [9.17, 15) is 4.79 Å². The van der Waals surface area contributed by atoms with Gasteiger partial charge >= 0.3 is 0 Å². The molecule has 0 saturated carbocycles. The number of aromatic nitrogens is 1. The topological polar surface area (TPSA) is 49.7 Å². The Morgan fingerprint density at radius 2 is 2.00 bits per heavy atom. The van der Waals surface area contributed by atoms with E-state index in [-0.39, 0.29) is 5.91 Å². The van der Waals surface area contributed by atoms with Crippen molar-refractivity contribution in [2.75, 3.05) is 42.9 Å². The van der Waals surface area contributed by atoms with Crippen molar-refractivity contribution in [2.45, 2.75) is 6.92 Å². The first-order valence-electron chi connectivity index (χ1n) is 8.18. The molecule has 1 saturated heterocycles. The average molecular weight is 346 g/mol. The number of rotatable bonds is 4. The number of anilines is 2. The van der Waals surface area contributed by atoms with E-state index in [1.807, 2.05) is 0 Å². The van der Waals surface area contributed by atoms with Crippen molar-refractivity contribution in [3.8, 4) is 0 Å². The van der Waals surface area contributed by atoms with Gasteiger partial charge in [0.2, 0.25) is 0 Å². The van der Waals surface area contributed by atoms with Crippen LogP contribution in [0, 0.1) is 6.92 Å². The summed E-state index contributed by atoms with van der Waals surface area (Å²) in [6.45, 7) is 6.40. The Morgan fingerprint density at radius 1 is 1.25 bits per heavy atom. The van der Waals surface area contributed by atoms with Crippen molar-refractivity contribution >= 4 is 28.9 Å². The smallest absolute Gasteiger partial charge is 0.279 e. The van der Waals surface area contributed by atoms with E-state index in [4.69, 9.17) is 11.6 Å². The predicted molar refractivity (Wildman–Crippen MR) is 96.8 cm³/mol. The molecule has 0 radical (unpaired) electrons. The summed E-state index contributed by atoms with van der Waals surface area (Å²) in [7, 11) is 0. The van der Waals surface area contributed by atoms with E-state index >= 15 is 0 Å². The van der Waals surface area contributed by atoms with Crippen LogP contribution in [0.1, 0.15) is 5.56 Å². The van der Waals surface area contributed by atoms with Crippen LogP contribution in [0.3, 0.4) is 0 Å². The van der Waals surface area contributed by atoms with Gasteiger partial charge in [-0.15, -0.1) is 0 Å². The number of piperazine rings is 1. The molecule has 1 aliphatic heterocycles. The quantitative estimate of drug-likeness (QED) is 0.823. The van der Waals surface area contributed by atoms with Crippen LogP contribution in [0.2, 0.25) is 5.15 Å². The number of carbonyl (C=O) groups excluding carboxylic acids is 1. The minimum atomic E-state index is -0.0239. The van der Waals surface area contributed by atoms with Crippen LogP contribution in [0.15, 0.2) is 42.6 Å². The Labute approximate surface area is 147 Å². The number of para-hydroxylation sites is 1. The molecule has 2 N–H and O–H groups in total. The lowest BCUT2D eigenvalue weighted by atomic mass is 10.1. The fourth-order valence-electron chi connectivity index (χ4n) is 3.06. The number of halogens is 1. The number of pyridine rings is 1. The molecule has 5 nitrogen and oxygen atoms in total. The Kier molecular flexibility index (Phi) is 5.33. The number of hydrogen-bond donors (Lipinski definition) is 2. The van der Waals surface area contributed by atoms with Crippen molar-refractivity contribution in [2.24, 2.45) is 0 Å². The Morgan fingerprint density at radius 3 is 2.71 bits per heavy atom. The van der Waals surface area contributed by atoms with Gasteiger partial charge in [-0.3, -0.25) is 4.79 Å². The van der Waals surface area contributed by atoms with Gasteiger partial charge in [0, 0.05) is 11.9 Å². The average Bonchev–Trinajstić information content (AvgIpc) is 2.58. The van der Waals surface area contributed by atoms with E-state index in [1.165, 1.54) is 16.2 Å². The molecular weight excluding hydrogens is 324 g/mol. The number of amides is 1. The predicted octanol–water partition coefficient (Wildman–Crippen LogP) is 1.39. The fraction of sp³-hybridized carbons (Fsp3) is 0.333. The molecule has 0 atom stereocenters. The summed E-state index contributed by atoms with van der Waals surface area (Å²) in [5, 5.41) is 3.17. The highest BCUT2D eigenvalue weighted by molar-refractivity contribution is 6.32. The highest BCUT2D eigenvalue weighted by atomic mass is 35.5. The molecule has 0 aliphatic carbocycles. The lowest BCUT2D eigenvalue weighted by Crippen LogP contribution is -3.15. The minimum Gasteiger partial charge on any atom is -0.360 e. The first kappa shape index (κ1) is 16.7. The van der Waals surface area contributed by atoms with Gasteiger partial charge in [-0.2, -0.15) is 0 Å². The summed E-state index contributed by atoms with van der Waals surface area (Å²) in [4.78, 5) is 19.9. The van der Waals surface area contributed by atoms with Gasteiger partial charge in [0.15, 0.2) is 11.7 Å². The molecule has 1 aliphatic rings. The highest BCUT2D eigenvalue weighted by Gasteiger charge is 2.23. The summed E-state index contributed by atoms with van der Waals surface area (Å²) in [6.07, 6.45) is 1.61. The van der Waals surface area contributed by atoms with E-state index in [0.717, 1.165) is 26.2 Å². The summed E-state index contributed by atoms with van der Waals surface area (Å²) in [6, 6.07) is 12.0. The molecule has 1 aromatic carbocycles. The maximum atomic E-state index is 12.2. The molecule has 2 aromatic rings. The third-order valence-corrected chi connectivity index (χ3v) is 4.67. The monoisotopic (exact) mass is 345 g/mol. The second-order valence-corrected chi connectivity index (χ2v) is 6.45. The van der Waals surface area contributed by atoms with Crippen molar-refractivity contribution < 1.29 is 9.69 Å². The lowest BCUT2D eigenvalue weighted by molar-refractivity contribution is -0.892. The molecule has 3 rings (SSSR count). The molecule has 24 heavy (non-hydrogen) atoms. The van der Waals surface area contributed by atoms with Crippen molar-refractivity contribution in [1.29, 1.82) is 0 Å². The number of aryl methyl sites for hydroxylation is 1. The van der Waals surface area contributed by atoms with E-state index in [2.05, 4.69) is 46.4 Å². The van der Waals surface area contributed by atoms with Gasteiger partial charge in [0.05, 0.1) is 31.9 Å². The number of carbonyl (C=O) groups is 1. The SMILES string of the molecule is Cc1ccccc1N1CC[NH+](CC(=O)Nc2cccnc2Cl)CC1. The zero-order valence-corrected chi connectivity index (χ0v) is 14.5. The maximum absolute atomic E-state index is 12.2. The molecular formula is C18H22ClN4O+. The second-order valence-electron chi connectivity index (χ2n) is 6.09. The van der Waals surface area contributed by atoms with Crippen LogP contribution >= 0.6 is 11.6 Å². The minimum absolute atomic E-state index is 0.0239. The summed E-state index contributed by atoms with van der Waals surface area (Å²) < 4.78 is 0. The van der Waals surface area contributed by atoms with Crippen LogP contribution in [0.5, 0.6) is 0 Å². The van der Waals surface area contributed by atoms with E-state index in [1.54, 1.807) is 18.3 Å². The second kappa shape index (κ2) is 7.64. The van der Waals surface area contributed by atoms with Gasteiger partial charge in [0.25, 0.3) is 5.91 Å². The molecule has 2 heterocycles. The van der Waals surface area contributed by atoms with Gasteiger partial charge in [-0.05, 0) is 30.7 Å². The lowest BCUT2D eigenvalue weighted by Gasteiger charge is -2.34. The maximum Gasteiger partial charge on any atom is 0.279 e. The first-order chi connectivity index (χ1) is 11.6. The summed E-state index contributed by atoms with van der Waals surface area (Å²) in [5.74, 6) is -0.0239. The van der Waals surface area contributed by atoms with Gasteiger partial charge in [0.1, 0.15) is 0 Å². The van der Waals surface area contributed by atoms with Crippen molar-refractivity contribution in [3.05, 3.63) is 53.3 Å². The summed E-state index contributed by atoms with van der Waals surface area (Å²) in [5.41, 5.74) is 3.16. The molecule has 126 valence electrons. The molecule has 6 heteroatoms. The van der Waals surface area contributed by atoms with Crippen LogP contribution in [0.4, 0.5) is 11.4 Å². The Balaban J connectivity index is 1.51. The van der Waals surface area contributed by atoms with Gasteiger partial charge < -0.3 is 15.1 Å². The van der Waals surface area contributed by atoms with Crippen molar-refractivity contribution in [1.82, 2.24) is 4.98 Å². The molecule has 1 fully saturated rings. The van der Waals surface area contributed by atoms with E-state index < -0.39 is 0 Å². The van der Waals surface area contributed by atoms with Gasteiger partial charge in [-0.25, -0.2) is 4.98 Å². The van der Waals surface area contributed by atoms with Gasteiger partial charge in [-0.1, -0.05) is 29.8 Å². The summed E-state index contributed by atoms with van der Waals surface area (Å²) >= 11 is 5.97. The molecule has 1 amide bonds. The standard InChI is InChI=1S/C18H21ClN4O/c1-14-5-2-3-7-16(14)23-11-9-22(10-12-23)13-17(24)21-15-6-4-8-20-18(15)19/h2-8H,9-13H2,1H3,(H,21,24)/p+1. The highest BCUT2D eigenvalue weighted by Crippen LogP contribution is 2.19.